The average Bonchev–Trinajstić information content (AvgIpc) is 3.64. The molecule has 2 saturated carbocycles. The van der Waals surface area contributed by atoms with Gasteiger partial charge in [0, 0.05) is 0 Å². The molecule has 0 N–H and O–H groups in total. The van der Waals surface area contributed by atoms with Crippen molar-refractivity contribution in [3.63, 3.8) is 0 Å². The molecule has 3 fully saturated rings. The number of hydrogen-bond donors (Lipinski definition) is 0. The van der Waals surface area contributed by atoms with Crippen molar-refractivity contribution in [2.45, 2.75) is 66.9 Å². The van der Waals surface area contributed by atoms with Crippen LogP contribution < -0.4 is 24.8 Å². The Kier molecular flexibility index (Phi) is 9.03. The van der Waals surface area contributed by atoms with Gasteiger partial charge in [0.25, 0.3) is 0 Å². The van der Waals surface area contributed by atoms with Crippen molar-refractivity contribution in [3.05, 3.63) is 119 Å². The molecule has 1 heterocycles. The van der Waals surface area contributed by atoms with Crippen LogP contribution in [0.3, 0.4) is 0 Å². The van der Waals surface area contributed by atoms with Gasteiger partial charge in [-0.1, -0.05) is 0 Å². The van der Waals surface area contributed by atoms with E-state index in [2.05, 4.69) is 111 Å². The van der Waals surface area contributed by atoms with E-state index in [9.17, 15) is 0 Å². The van der Waals surface area contributed by atoms with E-state index >= 15 is 0 Å². The Labute approximate surface area is 253 Å². The third-order valence-electron chi connectivity index (χ3n) is 11.1. The van der Waals surface area contributed by atoms with Crippen molar-refractivity contribution in [1.29, 1.82) is 0 Å². The zero-order valence-electron chi connectivity index (χ0n) is 23.4. The Morgan fingerprint density at radius 3 is 1.36 bits per heavy atom. The molecule has 7 rings (SSSR count). The predicted octanol–water partition coefficient (Wildman–Crippen LogP) is 4.23. The number of rotatable bonds is 4. The van der Waals surface area contributed by atoms with Crippen molar-refractivity contribution in [3.8, 4) is 0 Å². The van der Waals surface area contributed by atoms with Crippen LogP contribution in [0.25, 0.3) is 0 Å². The molecule has 39 heavy (non-hydrogen) atoms. The van der Waals surface area contributed by atoms with Gasteiger partial charge in [0.1, 0.15) is 0 Å². The Balaban J connectivity index is 0.00000154. The fourth-order valence-electron chi connectivity index (χ4n) is 9.74. The monoisotopic (exact) mass is 634 g/mol. The van der Waals surface area contributed by atoms with E-state index in [1.54, 1.807) is 19.4 Å². The Morgan fingerprint density at radius 2 is 0.974 bits per heavy atom. The molecule has 204 valence electrons. The van der Waals surface area contributed by atoms with Crippen LogP contribution in [-0.2, 0) is 20.3 Å². The van der Waals surface area contributed by atoms with E-state index in [-0.39, 0.29) is 24.8 Å². The molecule has 8 atom stereocenters. The summed E-state index contributed by atoms with van der Waals surface area (Å²) < 4.78 is 5.16. The molecule has 0 radical (unpaired) electrons. The van der Waals surface area contributed by atoms with Gasteiger partial charge < -0.3 is 24.8 Å². The maximum absolute atomic E-state index is 2.65. The van der Waals surface area contributed by atoms with Crippen LogP contribution in [0.2, 0.25) is 15.5 Å². The Bertz CT molecular complexity index is 1160. The summed E-state index contributed by atoms with van der Waals surface area (Å²) in [6.45, 7) is 5.29. The van der Waals surface area contributed by atoms with E-state index in [1.165, 1.54) is 25.7 Å². The molecule has 2 aromatic carbocycles. The van der Waals surface area contributed by atoms with Gasteiger partial charge in [-0.05, 0) is 0 Å². The van der Waals surface area contributed by atoms with Gasteiger partial charge in [-0.3, -0.25) is 0 Å². The molecule has 0 bridgehead atoms. The molecule has 0 amide bonds. The topological polar surface area (TPSA) is 0 Å². The van der Waals surface area contributed by atoms with Gasteiger partial charge >= 0.3 is 230 Å². The van der Waals surface area contributed by atoms with Gasteiger partial charge in [-0.25, -0.2) is 0 Å². The molecular weight excluding hydrogens is 595 g/mol. The van der Waals surface area contributed by atoms with Gasteiger partial charge in [-0.2, -0.15) is 0 Å². The first kappa shape index (κ1) is 29.4. The fourth-order valence-corrected chi connectivity index (χ4v) is 29.7. The first-order valence-electron chi connectivity index (χ1n) is 15.0. The molecule has 1 aliphatic heterocycles. The normalized spacial score (nSPS) is 34.9. The first-order valence-corrected chi connectivity index (χ1v) is 21.3. The van der Waals surface area contributed by atoms with Crippen molar-refractivity contribution in [2.75, 3.05) is 0 Å². The van der Waals surface area contributed by atoms with Crippen LogP contribution in [0, 0.1) is 23.7 Å². The third-order valence-corrected chi connectivity index (χ3v) is 25.7. The van der Waals surface area contributed by atoms with Crippen LogP contribution in [0.5, 0.6) is 0 Å². The summed E-state index contributed by atoms with van der Waals surface area (Å²) in [4.78, 5) is 0. The summed E-state index contributed by atoms with van der Waals surface area (Å²) >= 11 is -2.42. The average molecular weight is 637 g/mol. The predicted molar refractivity (Wildman–Crippen MR) is 154 cm³/mol. The molecule has 0 nitrogen and oxygen atoms in total. The number of allylic oxidation sites excluding steroid dienone is 8. The second-order valence-corrected chi connectivity index (χ2v) is 24.6. The summed E-state index contributed by atoms with van der Waals surface area (Å²) in [5.41, 5.74) is 6.91. The minimum absolute atomic E-state index is 0. The molecule has 0 aromatic heterocycles. The maximum Gasteiger partial charge on any atom is -1.00 e. The van der Waals surface area contributed by atoms with Gasteiger partial charge in [0.15, 0.2) is 0 Å². The van der Waals surface area contributed by atoms with Crippen LogP contribution in [-0.4, -0.2) is 0 Å². The van der Waals surface area contributed by atoms with Crippen LogP contribution in [0.15, 0.2) is 108 Å². The number of hydrogen-bond acceptors (Lipinski definition) is 0. The smallest absolute Gasteiger partial charge is 1.00 e. The molecule has 3 heteroatoms. The SMILES string of the molecule is CC1CC2C(=CC=CCC2c2ccccc2)[CH]1[Zr+2]1([CH]2C3=CC=CCC(c4ccccc4)C3CC2C)[CH2][CH2]1.[Cl-].[Cl-]. The van der Waals surface area contributed by atoms with Crippen molar-refractivity contribution < 1.29 is 45.1 Å². The largest absolute Gasteiger partial charge is 1.00 e. The zero-order chi connectivity index (χ0) is 25.0. The quantitative estimate of drug-likeness (QED) is 0.472. The van der Waals surface area contributed by atoms with Gasteiger partial charge in [0.05, 0.1) is 0 Å². The molecule has 8 unspecified atom stereocenters. The minimum Gasteiger partial charge on any atom is -1.00 e. The Hall–Kier alpha value is -1.14. The summed E-state index contributed by atoms with van der Waals surface area (Å²) in [6, 6.07) is 22.9. The van der Waals surface area contributed by atoms with E-state index in [0.717, 1.165) is 30.9 Å². The minimum atomic E-state index is -2.42. The van der Waals surface area contributed by atoms with E-state index in [1.807, 2.05) is 11.1 Å². The Morgan fingerprint density at radius 1 is 0.564 bits per heavy atom. The van der Waals surface area contributed by atoms with Crippen molar-refractivity contribution in [2.24, 2.45) is 23.7 Å². The van der Waals surface area contributed by atoms with Crippen LogP contribution in [0.4, 0.5) is 0 Å². The fraction of sp³-hybridized carbons (Fsp3) is 0.444. The van der Waals surface area contributed by atoms with Crippen molar-refractivity contribution in [1.82, 2.24) is 0 Å². The molecule has 4 aliphatic carbocycles. The summed E-state index contributed by atoms with van der Waals surface area (Å²) in [5, 5.41) is 0. The maximum atomic E-state index is 2.65. The molecule has 5 aliphatic rings. The van der Waals surface area contributed by atoms with Crippen LogP contribution >= 0.6 is 0 Å². The molecule has 0 spiro atoms. The van der Waals surface area contributed by atoms with Gasteiger partial charge in [-0.15, -0.1) is 0 Å². The standard InChI is InChI=1S/2C17H19.C2H4.2ClH.Zr/c2*1-13-11-15-9-5-6-10-16(17(15)12-13)14-7-3-2-4-8-14;1-2;;;/h2*2-9,11,13,16-17H,10,12H2,1H3;1-2H2;2*1H;/q;;;;;+2/p-2. The zero-order valence-corrected chi connectivity index (χ0v) is 27.3. The molecule has 2 aromatic rings. The number of fused-ring (bicyclic) bond motifs is 2. The van der Waals surface area contributed by atoms with Crippen molar-refractivity contribution >= 4 is 0 Å². The second-order valence-electron chi connectivity index (χ2n) is 13.0. The second kappa shape index (κ2) is 12.0. The summed E-state index contributed by atoms with van der Waals surface area (Å²) in [6.07, 6.45) is 20.3. The first-order chi connectivity index (χ1) is 18.2. The van der Waals surface area contributed by atoms with E-state index in [0.29, 0.717) is 11.8 Å². The van der Waals surface area contributed by atoms with Crippen LogP contribution in [0.1, 0.15) is 62.5 Å². The van der Waals surface area contributed by atoms with E-state index in [4.69, 9.17) is 0 Å². The molecule has 1 saturated heterocycles. The number of benzene rings is 2. The summed E-state index contributed by atoms with van der Waals surface area (Å²) in [7, 11) is 0. The number of halogens is 2. The summed E-state index contributed by atoms with van der Waals surface area (Å²) in [5.74, 6) is 4.56. The van der Waals surface area contributed by atoms with Gasteiger partial charge in [0.2, 0.25) is 0 Å². The van der Waals surface area contributed by atoms with E-state index < -0.39 is 20.3 Å². The third kappa shape index (κ3) is 5.09. The molecular formula is C36H42Cl2Zr.